The van der Waals surface area contributed by atoms with Gasteiger partial charge in [-0.2, -0.15) is 0 Å². The molecule has 2 unspecified atom stereocenters. The van der Waals surface area contributed by atoms with E-state index in [1.807, 2.05) is 6.92 Å². The number of aliphatic hydroxyl groups excluding tert-OH is 1. The topological polar surface area (TPSA) is 60.0 Å². The molecule has 5 nitrogen and oxygen atoms in total. The maximum absolute atomic E-state index is 9.61. The average molecular weight is 263 g/mol. The van der Waals surface area contributed by atoms with Gasteiger partial charge >= 0.3 is 0 Å². The summed E-state index contributed by atoms with van der Waals surface area (Å²) in [4.78, 5) is 0. The minimum atomic E-state index is -0.482. The largest absolute Gasteiger partial charge is 0.389 e. The van der Waals surface area contributed by atoms with Crippen LogP contribution in [-0.4, -0.2) is 63.9 Å². The van der Waals surface area contributed by atoms with E-state index in [0.717, 1.165) is 26.0 Å². The van der Waals surface area contributed by atoms with Gasteiger partial charge in [-0.3, -0.25) is 0 Å². The second kappa shape index (κ2) is 13.2. The molecule has 5 heteroatoms. The van der Waals surface area contributed by atoms with Crippen molar-refractivity contribution in [3.8, 4) is 0 Å². The molecule has 2 N–H and O–H groups in total. The molecule has 0 fully saturated rings. The molecule has 0 saturated carbocycles. The van der Waals surface area contributed by atoms with E-state index < -0.39 is 6.10 Å². The van der Waals surface area contributed by atoms with E-state index in [4.69, 9.17) is 14.2 Å². The van der Waals surface area contributed by atoms with Crippen molar-refractivity contribution in [2.75, 3.05) is 46.6 Å². The highest BCUT2D eigenvalue weighted by Crippen LogP contribution is 1.90. The van der Waals surface area contributed by atoms with Crippen LogP contribution < -0.4 is 5.32 Å². The summed E-state index contributed by atoms with van der Waals surface area (Å²) < 4.78 is 15.7. The Morgan fingerprint density at radius 3 is 2.50 bits per heavy atom. The van der Waals surface area contributed by atoms with E-state index in [-0.39, 0.29) is 6.10 Å². The number of unbranched alkanes of at least 4 members (excludes halogenated alkanes) is 1. The molecule has 0 aromatic rings. The first-order valence-corrected chi connectivity index (χ1v) is 6.77. The number of aliphatic hydroxyl groups is 1. The maximum Gasteiger partial charge on any atom is 0.0897 e. The molecule has 0 aliphatic heterocycles. The van der Waals surface area contributed by atoms with Crippen LogP contribution in [0, 0.1) is 0 Å². The van der Waals surface area contributed by atoms with Gasteiger partial charge in [-0.25, -0.2) is 0 Å². The van der Waals surface area contributed by atoms with E-state index in [2.05, 4.69) is 12.2 Å². The minimum Gasteiger partial charge on any atom is -0.389 e. The molecule has 0 aromatic carbocycles. The van der Waals surface area contributed by atoms with Crippen LogP contribution in [0.3, 0.4) is 0 Å². The van der Waals surface area contributed by atoms with Crippen molar-refractivity contribution in [1.29, 1.82) is 0 Å². The van der Waals surface area contributed by atoms with Gasteiger partial charge in [-0.05, 0) is 13.3 Å². The van der Waals surface area contributed by atoms with E-state index in [1.165, 1.54) is 0 Å². The van der Waals surface area contributed by atoms with Crippen LogP contribution in [0.2, 0.25) is 0 Å². The zero-order chi connectivity index (χ0) is 13.6. The van der Waals surface area contributed by atoms with Crippen LogP contribution in [0.5, 0.6) is 0 Å². The Labute approximate surface area is 111 Å². The maximum atomic E-state index is 9.61. The van der Waals surface area contributed by atoms with E-state index in [0.29, 0.717) is 26.4 Å². The zero-order valence-corrected chi connectivity index (χ0v) is 12.0. The van der Waals surface area contributed by atoms with Crippen molar-refractivity contribution < 1.29 is 19.3 Å². The third-order valence-electron chi connectivity index (χ3n) is 2.54. The fraction of sp³-hybridized carbons (Fsp3) is 1.00. The van der Waals surface area contributed by atoms with Crippen molar-refractivity contribution in [1.82, 2.24) is 5.32 Å². The summed E-state index contributed by atoms with van der Waals surface area (Å²) in [5, 5.41) is 12.7. The van der Waals surface area contributed by atoms with E-state index in [1.54, 1.807) is 7.11 Å². The van der Waals surface area contributed by atoms with Crippen molar-refractivity contribution in [2.24, 2.45) is 0 Å². The molecule has 0 heterocycles. The standard InChI is InChI=1S/C13H29NO4/c1-4-5-6-17-7-8-18-11-13(15)10-14-9-12(2)16-3/h12-15H,4-11H2,1-3H3. The quantitative estimate of drug-likeness (QED) is 0.481. The van der Waals surface area contributed by atoms with Gasteiger partial charge in [0.05, 0.1) is 32.0 Å². The lowest BCUT2D eigenvalue weighted by atomic mass is 10.3. The molecule has 0 amide bonds. The van der Waals surface area contributed by atoms with Gasteiger partial charge < -0.3 is 24.6 Å². The smallest absolute Gasteiger partial charge is 0.0897 e. The second-order valence-electron chi connectivity index (χ2n) is 4.40. The molecule has 18 heavy (non-hydrogen) atoms. The van der Waals surface area contributed by atoms with Crippen molar-refractivity contribution in [3.63, 3.8) is 0 Å². The third kappa shape index (κ3) is 12.3. The molecule has 2 atom stereocenters. The summed E-state index contributed by atoms with van der Waals surface area (Å²) in [7, 11) is 1.67. The zero-order valence-electron chi connectivity index (χ0n) is 12.0. The van der Waals surface area contributed by atoms with Gasteiger partial charge in [0.25, 0.3) is 0 Å². The van der Waals surface area contributed by atoms with Crippen LogP contribution in [0.1, 0.15) is 26.7 Å². The number of methoxy groups -OCH3 is 1. The molecule has 0 saturated heterocycles. The third-order valence-corrected chi connectivity index (χ3v) is 2.54. The highest BCUT2D eigenvalue weighted by atomic mass is 16.5. The van der Waals surface area contributed by atoms with E-state index >= 15 is 0 Å². The van der Waals surface area contributed by atoms with Crippen LogP contribution in [0.15, 0.2) is 0 Å². The summed E-state index contributed by atoms with van der Waals surface area (Å²) in [5.74, 6) is 0. The Kier molecular flexibility index (Phi) is 13.1. The van der Waals surface area contributed by atoms with Crippen LogP contribution in [0.25, 0.3) is 0 Å². The van der Waals surface area contributed by atoms with Crippen LogP contribution >= 0.6 is 0 Å². The first kappa shape index (κ1) is 17.8. The van der Waals surface area contributed by atoms with Crippen molar-refractivity contribution in [2.45, 2.75) is 38.9 Å². The lowest BCUT2D eigenvalue weighted by molar-refractivity contribution is 0.00292. The molecule has 0 aliphatic carbocycles. The molecule has 0 aliphatic rings. The molecular formula is C13H29NO4. The lowest BCUT2D eigenvalue weighted by Gasteiger charge is -2.14. The molecular weight excluding hydrogens is 234 g/mol. The van der Waals surface area contributed by atoms with E-state index in [9.17, 15) is 5.11 Å². The fourth-order valence-electron chi connectivity index (χ4n) is 1.28. The Bertz CT molecular complexity index is 169. The molecule has 110 valence electrons. The Hall–Kier alpha value is -0.200. The fourth-order valence-corrected chi connectivity index (χ4v) is 1.28. The van der Waals surface area contributed by atoms with Gasteiger partial charge in [-0.15, -0.1) is 0 Å². The SMILES string of the molecule is CCCCOCCOCC(O)CNCC(C)OC. The molecule has 0 rings (SSSR count). The summed E-state index contributed by atoms with van der Waals surface area (Å²) in [6.07, 6.45) is 1.91. The summed E-state index contributed by atoms with van der Waals surface area (Å²) >= 11 is 0. The van der Waals surface area contributed by atoms with Gasteiger partial charge in [-0.1, -0.05) is 13.3 Å². The highest BCUT2D eigenvalue weighted by molar-refractivity contribution is 4.61. The number of rotatable bonds is 13. The van der Waals surface area contributed by atoms with Gasteiger partial charge in [0.1, 0.15) is 0 Å². The van der Waals surface area contributed by atoms with Gasteiger partial charge in [0.15, 0.2) is 0 Å². The lowest BCUT2D eigenvalue weighted by Crippen LogP contribution is -2.35. The van der Waals surface area contributed by atoms with Gasteiger partial charge in [0, 0.05) is 26.8 Å². The summed E-state index contributed by atoms with van der Waals surface area (Å²) in [5.41, 5.74) is 0. The minimum absolute atomic E-state index is 0.157. The molecule has 0 spiro atoms. The van der Waals surface area contributed by atoms with Crippen molar-refractivity contribution >= 4 is 0 Å². The summed E-state index contributed by atoms with van der Waals surface area (Å²) in [6.45, 7) is 7.62. The molecule has 0 radical (unpaired) electrons. The second-order valence-corrected chi connectivity index (χ2v) is 4.40. The molecule has 0 aromatic heterocycles. The Morgan fingerprint density at radius 2 is 1.83 bits per heavy atom. The van der Waals surface area contributed by atoms with Gasteiger partial charge in [0.2, 0.25) is 0 Å². The van der Waals surface area contributed by atoms with Crippen molar-refractivity contribution in [3.05, 3.63) is 0 Å². The normalized spacial score (nSPS) is 14.7. The highest BCUT2D eigenvalue weighted by Gasteiger charge is 2.05. The van der Waals surface area contributed by atoms with Crippen LogP contribution in [-0.2, 0) is 14.2 Å². The predicted octanol–water partition coefficient (Wildman–Crippen LogP) is 0.805. The predicted molar refractivity (Wildman–Crippen MR) is 71.9 cm³/mol. The molecule has 0 bridgehead atoms. The summed E-state index contributed by atoms with van der Waals surface area (Å²) in [6, 6.07) is 0. The van der Waals surface area contributed by atoms with Crippen LogP contribution in [0.4, 0.5) is 0 Å². The monoisotopic (exact) mass is 263 g/mol. The first-order valence-electron chi connectivity index (χ1n) is 6.77. The number of hydrogen-bond acceptors (Lipinski definition) is 5. The number of nitrogens with one attached hydrogen (secondary N) is 1. The Morgan fingerprint density at radius 1 is 1.11 bits per heavy atom. The average Bonchev–Trinajstić information content (AvgIpc) is 2.37. The Balaban J connectivity index is 3.19. The first-order chi connectivity index (χ1) is 8.70. The number of ether oxygens (including phenoxy) is 3. The number of hydrogen-bond donors (Lipinski definition) is 2.